The van der Waals surface area contributed by atoms with E-state index in [-0.39, 0.29) is 0 Å². The Morgan fingerprint density at radius 1 is 1.33 bits per heavy atom. The summed E-state index contributed by atoms with van der Waals surface area (Å²) in [4.78, 5) is 2.70. The summed E-state index contributed by atoms with van der Waals surface area (Å²) in [5, 5.41) is 0. The quantitative estimate of drug-likeness (QED) is 0.811. The van der Waals surface area contributed by atoms with Crippen molar-refractivity contribution >= 4 is 0 Å². The lowest BCUT2D eigenvalue weighted by Gasteiger charge is -2.33. The number of benzene rings is 1. The van der Waals surface area contributed by atoms with Crippen molar-refractivity contribution in [3.05, 3.63) is 29.3 Å². The van der Waals surface area contributed by atoms with Gasteiger partial charge in [-0.3, -0.25) is 4.90 Å². The second kappa shape index (κ2) is 4.93. The maximum Gasteiger partial charge on any atom is 0.119 e. The Kier molecular flexibility index (Phi) is 3.29. The van der Waals surface area contributed by atoms with Gasteiger partial charge in [0.2, 0.25) is 0 Å². The zero-order valence-corrected chi connectivity index (χ0v) is 11.5. The van der Waals surface area contributed by atoms with Crippen LogP contribution in [0.1, 0.15) is 43.2 Å². The molecule has 0 aromatic heterocycles. The van der Waals surface area contributed by atoms with Crippen LogP contribution in [-0.4, -0.2) is 31.1 Å². The zero-order chi connectivity index (χ0) is 12.5. The van der Waals surface area contributed by atoms with E-state index in [0.29, 0.717) is 0 Å². The number of methoxy groups -OCH3 is 1. The van der Waals surface area contributed by atoms with Crippen LogP contribution < -0.4 is 4.74 Å². The van der Waals surface area contributed by atoms with Gasteiger partial charge in [-0.15, -0.1) is 0 Å². The van der Waals surface area contributed by atoms with Crippen LogP contribution in [0.25, 0.3) is 0 Å². The van der Waals surface area contributed by atoms with Crippen LogP contribution in [0.4, 0.5) is 0 Å². The third kappa shape index (κ3) is 1.93. The normalized spacial score (nSPS) is 26.8. The monoisotopic (exact) mass is 245 g/mol. The Morgan fingerprint density at radius 3 is 3.00 bits per heavy atom. The zero-order valence-electron chi connectivity index (χ0n) is 11.5. The molecule has 3 rings (SSSR count). The Morgan fingerprint density at radius 2 is 2.22 bits per heavy atom. The Bertz CT molecular complexity index is 429. The van der Waals surface area contributed by atoms with Crippen molar-refractivity contribution in [1.82, 2.24) is 4.90 Å². The number of fused-ring (bicyclic) bond motifs is 3. The summed E-state index contributed by atoms with van der Waals surface area (Å²) in [6, 6.07) is 7.44. The number of hydrogen-bond donors (Lipinski definition) is 0. The van der Waals surface area contributed by atoms with Crippen LogP contribution in [0.5, 0.6) is 5.75 Å². The molecule has 0 spiro atoms. The first-order valence-electron chi connectivity index (χ1n) is 7.24. The van der Waals surface area contributed by atoms with E-state index in [2.05, 4.69) is 30.0 Å². The molecule has 1 aromatic rings. The maximum atomic E-state index is 5.39. The molecule has 1 aromatic carbocycles. The van der Waals surface area contributed by atoms with Crippen LogP contribution >= 0.6 is 0 Å². The molecule has 2 nitrogen and oxygen atoms in total. The van der Waals surface area contributed by atoms with Gasteiger partial charge in [0.15, 0.2) is 0 Å². The van der Waals surface area contributed by atoms with Crippen molar-refractivity contribution in [1.29, 1.82) is 0 Å². The Balaban J connectivity index is 1.89. The van der Waals surface area contributed by atoms with Gasteiger partial charge in [-0.1, -0.05) is 13.0 Å². The second-order valence-corrected chi connectivity index (χ2v) is 5.60. The van der Waals surface area contributed by atoms with E-state index in [4.69, 9.17) is 4.74 Å². The standard InChI is InChI=1S/C16H23NO/c1-3-9-17-10-8-14-15-11-13(18-2)6-4-12(15)5-7-16(14)17/h4,6,11,14,16H,3,5,7-10H2,1-2H3/t14-,16+/m1/s1. The molecule has 2 atom stereocenters. The second-order valence-electron chi connectivity index (χ2n) is 5.60. The molecule has 2 heteroatoms. The van der Waals surface area contributed by atoms with Gasteiger partial charge in [-0.25, -0.2) is 0 Å². The average molecular weight is 245 g/mol. The summed E-state index contributed by atoms with van der Waals surface area (Å²) in [5.41, 5.74) is 3.11. The van der Waals surface area contributed by atoms with E-state index in [1.54, 1.807) is 18.2 Å². The number of ether oxygens (including phenoxy) is 1. The molecule has 1 saturated heterocycles. The molecule has 2 aliphatic rings. The van der Waals surface area contributed by atoms with Gasteiger partial charge in [-0.05, 0) is 62.0 Å². The first kappa shape index (κ1) is 12.0. The van der Waals surface area contributed by atoms with Crippen LogP contribution in [0.3, 0.4) is 0 Å². The highest BCUT2D eigenvalue weighted by molar-refractivity contribution is 5.41. The highest BCUT2D eigenvalue weighted by Crippen LogP contribution is 2.42. The predicted octanol–water partition coefficient (Wildman–Crippen LogP) is 3.21. The van der Waals surface area contributed by atoms with Gasteiger partial charge in [0.25, 0.3) is 0 Å². The third-order valence-electron chi connectivity index (χ3n) is 4.63. The van der Waals surface area contributed by atoms with E-state index in [0.717, 1.165) is 17.7 Å². The molecular formula is C16H23NO. The Hall–Kier alpha value is -1.02. The number of likely N-dealkylation sites (tertiary alicyclic amines) is 1. The summed E-state index contributed by atoms with van der Waals surface area (Å²) in [6.45, 7) is 4.83. The summed E-state index contributed by atoms with van der Waals surface area (Å²) < 4.78 is 5.39. The van der Waals surface area contributed by atoms with Crippen molar-refractivity contribution in [2.24, 2.45) is 0 Å². The minimum absolute atomic E-state index is 0.746. The smallest absolute Gasteiger partial charge is 0.119 e. The van der Waals surface area contributed by atoms with Crippen molar-refractivity contribution in [2.75, 3.05) is 20.2 Å². The van der Waals surface area contributed by atoms with Gasteiger partial charge >= 0.3 is 0 Å². The van der Waals surface area contributed by atoms with Crippen LogP contribution in [-0.2, 0) is 6.42 Å². The molecule has 0 unspecified atom stereocenters. The fourth-order valence-electron chi connectivity index (χ4n) is 3.81. The Labute approximate surface area is 110 Å². The molecule has 1 fully saturated rings. The molecule has 0 N–H and O–H groups in total. The van der Waals surface area contributed by atoms with E-state index < -0.39 is 0 Å². The number of nitrogens with zero attached hydrogens (tertiary/aromatic N) is 1. The summed E-state index contributed by atoms with van der Waals surface area (Å²) in [5.74, 6) is 1.76. The van der Waals surface area contributed by atoms with Gasteiger partial charge in [-0.2, -0.15) is 0 Å². The lowest BCUT2D eigenvalue weighted by atomic mass is 9.79. The van der Waals surface area contributed by atoms with Gasteiger partial charge in [0.1, 0.15) is 5.75 Å². The molecule has 0 amide bonds. The molecule has 98 valence electrons. The van der Waals surface area contributed by atoms with Crippen molar-refractivity contribution in [3.63, 3.8) is 0 Å². The van der Waals surface area contributed by atoms with Crippen LogP contribution in [0, 0.1) is 0 Å². The lowest BCUT2D eigenvalue weighted by molar-refractivity contribution is 0.227. The average Bonchev–Trinajstić information content (AvgIpc) is 2.82. The van der Waals surface area contributed by atoms with Crippen molar-refractivity contribution in [2.45, 2.75) is 44.6 Å². The van der Waals surface area contributed by atoms with E-state index in [1.165, 1.54) is 38.8 Å². The summed E-state index contributed by atoms with van der Waals surface area (Å²) in [7, 11) is 1.76. The number of aryl methyl sites for hydroxylation is 1. The van der Waals surface area contributed by atoms with Crippen molar-refractivity contribution in [3.8, 4) is 5.75 Å². The fourth-order valence-corrected chi connectivity index (χ4v) is 3.81. The van der Waals surface area contributed by atoms with Gasteiger partial charge in [0.05, 0.1) is 7.11 Å². The first-order chi connectivity index (χ1) is 8.83. The SMILES string of the molecule is CCCN1CC[C@@H]2c3cc(OC)ccc3CC[C@@H]21. The fraction of sp³-hybridized carbons (Fsp3) is 0.625. The van der Waals surface area contributed by atoms with Crippen LogP contribution in [0.2, 0.25) is 0 Å². The largest absolute Gasteiger partial charge is 0.497 e. The minimum Gasteiger partial charge on any atom is -0.497 e. The maximum absolute atomic E-state index is 5.39. The molecule has 0 radical (unpaired) electrons. The molecule has 0 bridgehead atoms. The third-order valence-corrected chi connectivity index (χ3v) is 4.63. The number of rotatable bonds is 3. The number of hydrogen-bond acceptors (Lipinski definition) is 2. The van der Waals surface area contributed by atoms with Gasteiger partial charge < -0.3 is 4.74 Å². The van der Waals surface area contributed by atoms with E-state index in [9.17, 15) is 0 Å². The van der Waals surface area contributed by atoms with Gasteiger partial charge in [0, 0.05) is 12.0 Å². The summed E-state index contributed by atoms with van der Waals surface area (Å²) in [6.07, 6.45) is 5.17. The topological polar surface area (TPSA) is 12.5 Å². The van der Waals surface area contributed by atoms with E-state index in [1.807, 2.05) is 0 Å². The van der Waals surface area contributed by atoms with E-state index >= 15 is 0 Å². The molecule has 1 heterocycles. The molecule has 18 heavy (non-hydrogen) atoms. The highest BCUT2D eigenvalue weighted by atomic mass is 16.5. The minimum atomic E-state index is 0.746. The highest BCUT2D eigenvalue weighted by Gasteiger charge is 2.38. The molecular weight excluding hydrogens is 222 g/mol. The molecule has 0 saturated carbocycles. The van der Waals surface area contributed by atoms with Crippen LogP contribution in [0.15, 0.2) is 18.2 Å². The first-order valence-corrected chi connectivity index (χ1v) is 7.24. The molecule has 1 aliphatic carbocycles. The predicted molar refractivity (Wildman–Crippen MR) is 74.3 cm³/mol. The molecule has 1 aliphatic heterocycles. The summed E-state index contributed by atoms with van der Waals surface area (Å²) >= 11 is 0. The lowest BCUT2D eigenvalue weighted by Crippen LogP contribution is -2.35. The van der Waals surface area contributed by atoms with Crippen molar-refractivity contribution < 1.29 is 4.74 Å².